The normalized spacial score (nSPS) is 12.0. The van der Waals surface area contributed by atoms with Gasteiger partial charge in [0.1, 0.15) is 0 Å². The number of nitrogens with one attached hydrogen (secondary N) is 1. The van der Waals surface area contributed by atoms with Gasteiger partial charge in [0.05, 0.1) is 6.26 Å². The Bertz CT molecular complexity index is 1040. The number of sulfonamides is 1. The average molecular weight is 383 g/mol. The summed E-state index contributed by atoms with van der Waals surface area (Å²) in [6.07, 6.45) is 2.21. The molecule has 4 nitrogen and oxygen atoms in total. The molecule has 3 aromatic carbocycles. The lowest BCUT2D eigenvalue weighted by Crippen LogP contribution is -2.21. The second-order valence-electron chi connectivity index (χ2n) is 7.20. The van der Waals surface area contributed by atoms with Crippen molar-refractivity contribution in [2.75, 3.05) is 26.9 Å². The summed E-state index contributed by atoms with van der Waals surface area (Å²) >= 11 is 0. The molecule has 1 N–H and O–H groups in total. The first-order chi connectivity index (χ1) is 12.8. The first kappa shape index (κ1) is 19.5. The number of likely N-dealkylation sites (N-methyl/N-ethyl adjacent to an activating group) is 1. The molecule has 0 unspecified atom stereocenters. The monoisotopic (exact) mass is 382 g/mol. The summed E-state index contributed by atoms with van der Waals surface area (Å²) in [5.41, 5.74) is 4.44. The summed E-state index contributed by atoms with van der Waals surface area (Å²) in [5.74, 6) is 0. The summed E-state index contributed by atoms with van der Waals surface area (Å²) in [7, 11) is 0.948. The number of benzene rings is 3. The predicted octanol–water partition coefficient (Wildman–Crippen LogP) is 3.66. The fraction of sp³-hybridized carbons (Fsp3) is 0.273. The van der Waals surface area contributed by atoms with Gasteiger partial charge in [0, 0.05) is 13.1 Å². The van der Waals surface area contributed by atoms with Gasteiger partial charge in [-0.1, -0.05) is 54.6 Å². The number of nitrogens with zero attached hydrogens (tertiary/aromatic N) is 1. The lowest BCUT2D eigenvalue weighted by Gasteiger charge is -2.12. The smallest absolute Gasteiger partial charge is 0.209 e. The van der Waals surface area contributed by atoms with Gasteiger partial charge in [0.25, 0.3) is 0 Å². The maximum absolute atomic E-state index is 11.4. The maximum atomic E-state index is 11.4. The molecule has 0 fully saturated rings. The van der Waals surface area contributed by atoms with Crippen LogP contribution in [0.15, 0.2) is 60.7 Å². The van der Waals surface area contributed by atoms with Gasteiger partial charge in [-0.05, 0) is 59.6 Å². The predicted molar refractivity (Wildman–Crippen MR) is 113 cm³/mol. The van der Waals surface area contributed by atoms with Crippen molar-refractivity contribution in [1.29, 1.82) is 0 Å². The van der Waals surface area contributed by atoms with Gasteiger partial charge in [0.15, 0.2) is 0 Å². The minimum absolute atomic E-state index is 0.288. The van der Waals surface area contributed by atoms with Crippen molar-refractivity contribution >= 4 is 20.8 Å². The van der Waals surface area contributed by atoms with Crippen molar-refractivity contribution < 1.29 is 8.42 Å². The highest BCUT2D eigenvalue weighted by molar-refractivity contribution is 7.88. The van der Waals surface area contributed by atoms with Crippen molar-refractivity contribution in [3.05, 3.63) is 71.8 Å². The largest absolute Gasteiger partial charge is 0.309 e. The molecule has 0 atom stereocenters. The van der Waals surface area contributed by atoms with Crippen LogP contribution in [-0.2, 0) is 23.0 Å². The van der Waals surface area contributed by atoms with Crippen LogP contribution in [0.25, 0.3) is 21.9 Å². The third kappa shape index (κ3) is 5.39. The molecule has 0 saturated carbocycles. The Balaban J connectivity index is 1.90. The SMILES string of the molecule is CN(C)CCc1ccc2cc(-c3ccccc3CNS(C)(=O)=O)ccc2c1. The summed E-state index contributed by atoms with van der Waals surface area (Å²) < 4.78 is 25.5. The van der Waals surface area contributed by atoms with E-state index in [0.717, 1.165) is 29.7 Å². The van der Waals surface area contributed by atoms with Crippen LogP contribution >= 0.6 is 0 Å². The van der Waals surface area contributed by atoms with Crippen molar-refractivity contribution in [1.82, 2.24) is 9.62 Å². The maximum Gasteiger partial charge on any atom is 0.209 e. The standard InChI is InChI=1S/C22H26N2O2S/c1-24(2)13-12-17-8-9-19-15-20(11-10-18(19)14-17)22-7-5-4-6-21(22)16-23-27(3,25)26/h4-11,14-15,23H,12-13,16H2,1-3H3. The molecule has 0 aliphatic rings. The van der Waals surface area contributed by atoms with Crippen LogP contribution in [0, 0.1) is 0 Å². The molecule has 0 aromatic heterocycles. The van der Waals surface area contributed by atoms with E-state index in [-0.39, 0.29) is 6.54 Å². The Morgan fingerprint density at radius 2 is 1.63 bits per heavy atom. The molecule has 27 heavy (non-hydrogen) atoms. The van der Waals surface area contributed by atoms with E-state index in [9.17, 15) is 8.42 Å². The number of hydrogen-bond acceptors (Lipinski definition) is 3. The molecule has 0 aliphatic heterocycles. The van der Waals surface area contributed by atoms with E-state index < -0.39 is 10.0 Å². The highest BCUT2D eigenvalue weighted by Crippen LogP contribution is 2.28. The summed E-state index contributed by atoms with van der Waals surface area (Å²) in [4.78, 5) is 2.19. The Hall–Kier alpha value is -2.21. The van der Waals surface area contributed by atoms with Gasteiger partial charge < -0.3 is 4.90 Å². The van der Waals surface area contributed by atoms with Crippen LogP contribution in [-0.4, -0.2) is 40.2 Å². The molecule has 0 heterocycles. The van der Waals surface area contributed by atoms with E-state index in [1.165, 1.54) is 22.6 Å². The quantitative estimate of drug-likeness (QED) is 0.678. The van der Waals surface area contributed by atoms with Crippen molar-refractivity contribution in [3.63, 3.8) is 0 Å². The summed E-state index contributed by atoms with van der Waals surface area (Å²) in [6, 6.07) is 20.9. The molecule has 3 rings (SSSR count). The lowest BCUT2D eigenvalue weighted by atomic mass is 9.96. The van der Waals surface area contributed by atoms with Crippen molar-refractivity contribution in [2.24, 2.45) is 0 Å². The van der Waals surface area contributed by atoms with Gasteiger partial charge in [-0.3, -0.25) is 0 Å². The average Bonchev–Trinajstić information content (AvgIpc) is 2.64. The molecular weight excluding hydrogens is 356 g/mol. The van der Waals surface area contributed by atoms with E-state index in [0.29, 0.717) is 0 Å². The zero-order chi connectivity index (χ0) is 19.4. The van der Waals surface area contributed by atoms with Gasteiger partial charge in [-0.25, -0.2) is 13.1 Å². The van der Waals surface area contributed by atoms with E-state index >= 15 is 0 Å². The van der Waals surface area contributed by atoms with Crippen LogP contribution in [0.3, 0.4) is 0 Å². The minimum atomic E-state index is -3.23. The van der Waals surface area contributed by atoms with E-state index in [2.05, 4.69) is 60.1 Å². The third-order valence-corrected chi connectivity index (χ3v) is 5.27. The van der Waals surface area contributed by atoms with Gasteiger partial charge in [-0.15, -0.1) is 0 Å². The van der Waals surface area contributed by atoms with Crippen LogP contribution in [0.4, 0.5) is 0 Å². The number of hydrogen-bond donors (Lipinski definition) is 1. The van der Waals surface area contributed by atoms with Gasteiger partial charge in [0.2, 0.25) is 10.0 Å². The number of rotatable bonds is 7. The van der Waals surface area contributed by atoms with Crippen LogP contribution < -0.4 is 4.72 Å². The first-order valence-electron chi connectivity index (χ1n) is 9.02. The Morgan fingerprint density at radius 3 is 2.37 bits per heavy atom. The van der Waals surface area contributed by atoms with Gasteiger partial charge >= 0.3 is 0 Å². The summed E-state index contributed by atoms with van der Waals surface area (Å²) in [5, 5.41) is 2.41. The van der Waals surface area contributed by atoms with Crippen LogP contribution in [0.5, 0.6) is 0 Å². The zero-order valence-corrected chi connectivity index (χ0v) is 16.9. The van der Waals surface area contributed by atoms with Crippen LogP contribution in [0.2, 0.25) is 0 Å². The lowest BCUT2D eigenvalue weighted by molar-refractivity contribution is 0.414. The second kappa shape index (κ2) is 8.21. The summed E-state index contributed by atoms with van der Waals surface area (Å²) in [6.45, 7) is 1.32. The highest BCUT2D eigenvalue weighted by atomic mass is 32.2. The second-order valence-corrected chi connectivity index (χ2v) is 9.03. The van der Waals surface area contributed by atoms with Crippen molar-refractivity contribution in [3.8, 4) is 11.1 Å². The Morgan fingerprint density at radius 1 is 0.926 bits per heavy atom. The molecule has 5 heteroatoms. The number of fused-ring (bicyclic) bond motifs is 1. The van der Waals surface area contributed by atoms with E-state index in [1.54, 1.807) is 0 Å². The third-order valence-electron chi connectivity index (χ3n) is 4.61. The molecular formula is C22H26N2O2S. The fourth-order valence-corrected chi connectivity index (χ4v) is 3.55. The minimum Gasteiger partial charge on any atom is -0.309 e. The highest BCUT2D eigenvalue weighted by Gasteiger charge is 2.08. The van der Waals surface area contributed by atoms with E-state index in [4.69, 9.17) is 0 Å². The molecule has 0 radical (unpaired) electrons. The molecule has 0 aliphatic carbocycles. The fourth-order valence-electron chi connectivity index (χ4n) is 3.14. The van der Waals surface area contributed by atoms with E-state index in [1.807, 2.05) is 24.3 Å². The molecule has 0 bridgehead atoms. The van der Waals surface area contributed by atoms with Gasteiger partial charge in [-0.2, -0.15) is 0 Å². The molecule has 0 spiro atoms. The van der Waals surface area contributed by atoms with Crippen LogP contribution in [0.1, 0.15) is 11.1 Å². The van der Waals surface area contributed by atoms with Crippen molar-refractivity contribution in [2.45, 2.75) is 13.0 Å². The molecule has 3 aromatic rings. The topological polar surface area (TPSA) is 49.4 Å². The molecule has 0 saturated heterocycles. The zero-order valence-electron chi connectivity index (χ0n) is 16.1. The Labute approximate surface area is 161 Å². The molecule has 142 valence electrons. The Kier molecular flexibility index (Phi) is 5.95. The first-order valence-corrected chi connectivity index (χ1v) is 10.9. The molecule has 0 amide bonds.